The van der Waals surface area contributed by atoms with E-state index >= 15 is 0 Å². The Morgan fingerprint density at radius 3 is 2.07 bits per heavy atom. The van der Waals surface area contributed by atoms with Gasteiger partial charge < -0.3 is 19.7 Å². The molecule has 234 valence electrons. The minimum absolute atomic E-state index is 0.0898. The summed E-state index contributed by atoms with van der Waals surface area (Å²) >= 11 is 5.05. The maximum atomic E-state index is 12.8. The molecule has 46 heavy (non-hydrogen) atoms. The lowest BCUT2D eigenvalue weighted by molar-refractivity contribution is 0.0595. The fraction of sp³-hybridized carbons (Fsp3) is 0.211. The van der Waals surface area contributed by atoms with Gasteiger partial charge in [-0.05, 0) is 94.1 Å². The van der Waals surface area contributed by atoms with Crippen LogP contribution >= 0.6 is 27.3 Å². The van der Waals surface area contributed by atoms with Gasteiger partial charge in [-0.25, -0.2) is 0 Å². The third-order valence-corrected chi connectivity index (χ3v) is 9.74. The number of aryl methyl sites for hydroxylation is 1. The maximum absolute atomic E-state index is 12.8. The molecule has 1 aromatic heterocycles. The summed E-state index contributed by atoms with van der Waals surface area (Å²) in [5, 5.41) is 4.98. The first-order chi connectivity index (χ1) is 22.4. The Labute approximate surface area is 282 Å². The number of carbonyl (C=O) groups is 2. The molecule has 1 N–H and O–H groups in total. The van der Waals surface area contributed by atoms with Crippen molar-refractivity contribution in [3.05, 3.63) is 140 Å². The highest BCUT2D eigenvalue weighted by atomic mass is 79.9. The van der Waals surface area contributed by atoms with Gasteiger partial charge in [-0.3, -0.25) is 9.59 Å². The van der Waals surface area contributed by atoms with Gasteiger partial charge in [0.2, 0.25) is 0 Å². The highest BCUT2D eigenvalue weighted by molar-refractivity contribution is 9.10. The quantitative estimate of drug-likeness (QED) is 0.159. The van der Waals surface area contributed by atoms with E-state index in [1.165, 1.54) is 0 Å². The van der Waals surface area contributed by atoms with Crippen LogP contribution in [-0.2, 0) is 13.2 Å². The molecule has 6 rings (SSSR count). The molecule has 0 saturated carbocycles. The summed E-state index contributed by atoms with van der Waals surface area (Å²) in [5.41, 5.74) is 5.66. The molecular formula is C38H35BrN2O4S. The van der Waals surface area contributed by atoms with Crippen LogP contribution in [-0.4, -0.2) is 35.9 Å². The monoisotopic (exact) mass is 694 g/mol. The molecule has 0 spiro atoms. The van der Waals surface area contributed by atoms with E-state index in [2.05, 4.69) is 21.2 Å². The number of rotatable bonds is 10. The molecule has 0 bridgehead atoms. The first kappa shape index (κ1) is 31.6. The summed E-state index contributed by atoms with van der Waals surface area (Å²) in [5.74, 6) is 1.61. The van der Waals surface area contributed by atoms with Crippen molar-refractivity contribution >= 4 is 39.1 Å². The Kier molecular flexibility index (Phi) is 10.2. The number of halogens is 1. The molecule has 0 atom stereocenters. The SMILES string of the molecule is Cc1ccc(C(=O)N2CCC(Oc3ccc(COc4ccc(-c5ccc(C(=O)NCc6cc(Br)cs6)cc5)cc4)cc3)CC2)cc1. The summed E-state index contributed by atoms with van der Waals surface area (Å²) in [6.45, 7) is 4.37. The first-order valence-corrected chi connectivity index (χ1v) is 17.0. The van der Waals surface area contributed by atoms with E-state index in [9.17, 15) is 9.59 Å². The Morgan fingerprint density at radius 2 is 1.43 bits per heavy atom. The molecule has 1 aliphatic rings. The van der Waals surface area contributed by atoms with Gasteiger partial charge in [0, 0.05) is 51.8 Å². The van der Waals surface area contributed by atoms with Gasteiger partial charge >= 0.3 is 0 Å². The second-order valence-electron chi connectivity index (χ2n) is 11.4. The van der Waals surface area contributed by atoms with Gasteiger partial charge in [-0.1, -0.05) is 54.1 Å². The van der Waals surface area contributed by atoms with Crippen molar-refractivity contribution in [2.45, 2.75) is 39.0 Å². The van der Waals surface area contributed by atoms with Crippen LogP contribution in [0.5, 0.6) is 11.5 Å². The van der Waals surface area contributed by atoms with Crippen LogP contribution in [0.4, 0.5) is 0 Å². The van der Waals surface area contributed by atoms with E-state index < -0.39 is 0 Å². The van der Waals surface area contributed by atoms with Gasteiger partial charge in [-0.2, -0.15) is 0 Å². The second kappa shape index (κ2) is 14.8. The number of hydrogen-bond donors (Lipinski definition) is 1. The fourth-order valence-corrected chi connectivity index (χ4v) is 6.74. The molecule has 2 amide bonds. The van der Waals surface area contributed by atoms with Crippen LogP contribution in [0.3, 0.4) is 0 Å². The van der Waals surface area contributed by atoms with Crippen molar-refractivity contribution in [3.8, 4) is 22.6 Å². The third kappa shape index (κ3) is 8.24. The number of thiophene rings is 1. The maximum Gasteiger partial charge on any atom is 0.253 e. The average molecular weight is 696 g/mol. The van der Waals surface area contributed by atoms with Crippen LogP contribution in [0.2, 0.25) is 0 Å². The molecule has 0 radical (unpaired) electrons. The van der Waals surface area contributed by atoms with Crippen molar-refractivity contribution in [2.24, 2.45) is 0 Å². The molecule has 2 heterocycles. The smallest absolute Gasteiger partial charge is 0.253 e. The van der Waals surface area contributed by atoms with Gasteiger partial charge in [0.1, 0.15) is 24.2 Å². The Bertz CT molecular complexity index is 1760. The highest BCUT2D eigenvalue weighted by Crippen LogP contribution is 2.25. The average Bonchev–Trinajstić information content (AvgIpc) is 3.52. The second-order valence-corrected chi connectivity index (χ2v) is 13.3. The summed E-state index contributed by atoms with van der Waals surface area (Å²) in [6.07, 6.45) is 1.72. The summed E-state index contributed by atoms with van der Waals surface area (Å²) in [6, 6.07) is 33.4. The Morgan fingerprint density at radius 1 is 0.826 bits per heavy atom. The van der Waals surface area contributed by atoms with Gasteiger partial charge in [0.05, 0.1) is 6.54 Å². The standard InChI is InChI=1S/C38H35BrN2O4S/c1-26-2-6-31(7-3-26)38(43)41-20-18-35(19-21-41)45-34-14-4-27(5-15-34)24-44-33-16-12-29(13-17-33)28-8-10-30(11-9-28)37(42)40-23-36-22-32(39)25-46-36/h2-17,22,25,35H,18-21,23-24H2,1H3,(H,40,42). The predicted molar refractivity (Wildman–Crippen MR) is 187 cm³/mol. The number of amides is 2. The summed E-state index contributed by atoms with van der Waals surface area (Å²) in [7, 11) is 0. The zero-order chi connectivity index (χ0) is 31.9. The highest BCUT2D eigenvalue weighted by Gasteiger charge is 2.24. The lowest BCUT2D eigenvalue weighted by Crippen LogP contribution is -2.41. The van der Waals surface area contributed by atoms with E-state index in [-0.39, 0.29) is 17.9 Å². The fourth-order valence-electron chi connectivity index (χ4n) is 5.35. The minimum atomic E-state index is -0.0907. The van der Waals surface area contributed by atoms with Crippen molar-refractivity contribution < 1.29 is 19.1 Å². The number of ether oxygens (including phenoxy) is 2. The molecule has 4 aromatic carbocycles. The number of likely N-dealkylation sites (tertiary alicyclic amines) is 1. The van der Waals surface area contributed by atoms with E-state index in [0.717, 1.165) is 61.5 Å². The molecule has 0 aliphatic carbocycles. The van der Waals surface area contributed by atoms with Crippen molar-refractivity contribution in [1.29, 1.82) is 0 Å². The van der Waals surface area contributed by atoms with Crippen molar-refractivity contribution in [1.82, 2.24) is 10.2 Å². The first-order valence-electron chi connectivity index (χ1n) is 15.4. The number of benzene rings is 4. The minimum Gasteiger partial charge on any atom is -0.490 e. The molecular weight excluding hydrogens is 660 g/mol. The molecule has 1 saturated heterocycles. The van der Waals surface area contributed by atoms with Crippen LogP contribution < -0.4 is 14.8 Å². The van der Waals surface area contributed by atoms with Crippen molar-refractivity contribution in [3.63, 3.8) is 0 Å². The van der Waals surface area contributed by atoms with Crippen molar-refractivity contribution in [2.75, 3.05) is 13.1 Å². The van der Waals surface area contributed by atoms with Gasteiger partial charge in [-0.15, -0.1) is 11.3 Å². The Hall–Kier alpha value is -4.40. The van der Waals surface area contributed by atoms with E-state index in [4.69, 9.17) is 9.47 Å². The van der Waals surface area contributed by atoms with E-state index in [1.54, 1.807) is 11.3 Å². The lowest BCUT2D eigenvalue weighted by atomic mass is 10.0. The van der Waals surface area contributed by atoms with E-state index in [1.807, 2.05) is 120 Å². The van der Waals surface area contributed by atoms with Gasteiger partial charge in [0.15, 0.2) is 0 Å². The van der Waals surface area contributed by atoms with Crippen LogP contribution in [0.25, 0.3) is 11.1 Å². The van der Waals surface area contributed by atoms with Gasteiger partial charge in [0.25, 0.3) is 11.8 Å². The zero-order valence-electron chi connectivity index (χ0n) is 25.6. The number of piperidine rings is 1. The topological polar surface area (TPSA) is 67.9 Å². The van der Waals surface area contributed by atoms with Crippen LogP contribution in [0, 0.1) is 6.92 Å². The van der Waals surface area contributed by atoms with Crippen LogP contribution in [0.1, 0.15) is 49.6 Å². The lowest BCUT2D eigenvalue weighted by Gasteiger charge is -2.32. The molecule has 5 aromatic rings. The normalized spacial score (nSPS) is 13.3. The Balaban J connectivity index is 0.937. The number of hydrogen-bond acceptors (Lipinski definition) is 5. The molecule has 1 fully saturated rings. The predicted octanol–water partition coefficient (Wildman–Crippen LogP) is 8.68. The van der Waals surface area contributed by atoms with E-state index in [0.29, 0.717) is 31.8 Å². The summed E-state index contributed by atoms with van der Waals surface area (Å²) < 4.78 is 13.3. The number of nitrogens with zero attached hydrogens (tertiary/aromatic N) is 1. The molecule has 8 heteroatoms. The number of nitrogens with one attached hydrogen (secondary N) is 1. The summed E-state index contributed by atoms with van der Waals surface area (Å²) in [4.78, 5) is 28.4. The largest absolute Gasteiger partial charge is 0.490 e. The molecule has 1 aliphatic heterocycles. The zero-order valence-corrected chi connectivity index (χ0v) is 28.0. The molecule has 6 nitrogen and oxygen atoms in total. The number of carbonyl (C=O) groups excluding carboxylic acids is 2. The molecule has 0 unspecified atom stereocenters. The van der Waals surface area contributed by atoms with Crippen LogP contribution in [0.15, 0.2) is 113 Å². The third-order valence-electron chi connectivity index (χ3n) is 8.04.